The third-order valence-corrected chi connectivity index (χ3v) is 2.19. The number of halogens is 1. The van der Waals surface area contributed by atoms with Crippen molar-refractivity contribution < 1.29 is 9.53 Å². The van der Waals surface area contributed by atoms with Crippen LogP contribution in [0.4, 0.5) is 4.79 Å². The van der Waals surface area contributed by atoms with Crippen LogP contribution in [0.5, 0.6) is 5.75 Å². The summed E-state index contributed by atoms with van der Waals surface area (Å²) in [5.41, 5.74) is 1.18. The van der Waals surface area contributed by atoms with Gasteiger partial charge in [-0.2, -0.15) is 0 Å². The van der Waals surface area contributed by atoms with Crippen molar-refractivity contribution in [1.29, 1.82) is 0 Å². The normalized spacial score (nSPS) is 9.73. The van der Waals surface area contributed by atoms with E-state index in [4.69, 9.17) is 4.74 Å². The Morgan fingerprint density at radius 3 is 2.60 bits per heavy atom. The predicted molar refractivity (Wildman–Crippen MR) is 63.6 cm³/mol. The molecule has 0 unspecified atom stereocenters. The molecule has 1 amide bonds. The van der Waals surface area contributed by atoms with Gasteiger partial charge in [0.1, 0.15) is 5.75 Å². The Hall–Kier alpha value is -1.03. The molecule has 0 bridgehead atoms. The SMILES string of the molecule is CCOc1ccc(CCNC(=O)Br)cc1. The molecule has 15 heavy (non-hydrogen) atoms. The number of ether oxygens (including phenoxy) is 1. The minimum Gasteiger partial charge on any atom is -0.494 e. The molecule has 0 heterocycles. The van der Waals surface area contributed by atoms with Crippen LogP contribution in [0, 0.1) is 0 Å². The lowest BCUT2D eigenvalue weighted by Crippen LogP contribution is -2.18. The van der Waals surface area contributed by atoms with Crippen LogP contribution in [0.3, 0.4) is 0 Å². The summed E-state index contributed by atoms with van der Waals surface area (Å²) >= 11 is 2.81. The average molecular weight is 272 g/mol. The summed E-state index contributed by atoms with van der Waals surface area (Å²) in [7, 11) is 0. The van der Waals surface area contributed by atoms with Gasteiger partial charge >= 0.3 is 0 Å². The number of benzene rings is 1. The molecule has 0 aromatic heterocycles. The largest absolute Gasteiger partial charge is 0.494 e. The van der Waals surface area contributed by atoms with E-state index in [1.807, 2.05) is 31.2 Å². The van der Waals surface area contributed by atoms with Gasteiger partial charge in [0.05, 0.1) is 6.61 Å². The van der Waals surface area contributed by atoms with Crippen molar-refractivity contribution in [3.63, 3.8) is 0 Å². The summed E-state index contributed by atoms with van der Waals surface area (Å²) < 4.78 is 5.33. The molecule has 1 aromatic rings. The molecule has 4 heteroatoms. The van der Waals surface area contributed by atoms with Crippen LogP contribution in [0.1, 0.15) is 12.5 Å². The quantitative estimate of drug-likeness (QED) is 0.661. The number of carbonyl (C=O) groups excluding carboxylic acids is 1. The highest BCUT2D eigenvalue weighted by Crippen LogP contribution is 2.12. The number of nitrogens with one attached hydrogen (secondary N) is 1. The fourth-order valence-corrected chi connectivity index (χ4v) is 1.42. The molecule has 0 spiro atoms. The Bertz CT molecular complexity index is 311. The number of hydrogen-bond acceptors (Lipinski definition) is 2. The van der Waals surface area contributed by atoms with E-state index in [9.17, 15) is 4.79 Å². The van der Waals surface area contributed by atoms with Crippen LogP contribution < -0.4 is 10.1 Å². The van der Waals surface area contributed by atoms with Gasteiger partial charge in [-0.15, -0.1) is 0 Å². The Kier molecular flexibility index (Phi) is 5.18. The van der Waals surface area contributed by atoms with Gasteiger partial charge in [-0.25, -0.2) is 0 Å². The van der Waals surface area contributed by atoms with Gasteiger partial charge in [-0.1, -0.05) is 12.1 Å². The van der Waals surface area contributed by atoms with Crippen molar-refractivity contribution in [3.05, 3.63) is 29.8 Å². The molecule has 0 atom stereocenters. The summed E-state index contributed by atoms with van der Waals surface area (Å²) in [6.07, 6.45) is 0.823. The topological polar surface area (TPSA) is 38.3 Å². The number of carbonyl (C=O) groups is 1. The van der Waals surface area contributed by atoms with Crippen molar-refractivity contribution in [3.8, 4) is 5.75 Å². The predicted octanol–water partition coefficient (Wildman–Crippen LogP) is 2.73. The first kappa shape index (κ1) is 12.0. The molecular weight excluding hydrogens is 258 g/mol. The highest BCUT2D eigenvalue weighted by atomic mass is 79.9. The third-order valence-electron chi connectivity index (χ3n) is 1.91. The second-order valence-corrected chi connectivity index (χ2v) is 3.75. The van der Waals surface area contributed by atoms with Crippen LogP contribution >= 0.6 is 15.9 Å². The third kappa shape index (κ3) is 4.83. The first-order valence-electron chi connectivity index (χ1n) is 4.87. The maximum absolute atomic E-state index is 10.6. The molecule has 0 saturated heterocycles. The Morgan fingerprint density at radius 2 is 2.07 bits per heavy atom. The summed E-state index contributed by atoms with van der Waals surface area (Å²) in [6.45, 7) is 3.27. The fraction of sp³-hybridized carbons (Fsp3) is 0.364. The summed E-state index contributed by atoms with van der Waals surface area (Å²) in [5, 5.41) is 2.68. The second kappa shape index (κ2) is 6.45. The minimum atomic E-state index is -0.173. The molecule has 82 valence electrons. The van der Waals surface area contributed by atoms with Gasteiger partial charge in [0.15, 0.2) is 0 Å². The van der Waals surface area contributed by atoms with Crippen LogP contribution in [0.15, 0.2) is 24.3 Å². The zero-order chi connectivity index (χ0) is 11.1. The molecule has 0 fully saturated rings. The maximum atomic E-state index is 10.6. The molecule has 1 aromatic carbocycles. The zero-order valence-electron chi connectivity index (χ0n) is 8.63. The molecule has 1 rings (SSSR count). The lowest BCUT2D eigenvalue weighted by atomic mass is 10.1. The van der Waals surface area contributed by atoms with E-state index in [1.165, 1.54) is 5.56 Å². The molecule has 1 N–H and O–H groups in total. The highest BCUT2D eigenvalue weighted by Gasteiger charge is 1.96. The van der Waals surface area contributed by atoms with Gasteiger partial charge < -0.3 is 10.1 Å². The van der Waals surface area contributed by atoms with Crippen LogP contribution in [-0.2, 0) is 6.42 Å². The smallest absolute Gasteiger partial charge is 0.287 e. The molecule has 0 aliphatic heterocycles. The minimum absolute atomic E-state index is 0.173. The maximum Gasteiger partial charge on any atom is 0.287 e. The number of amides is 1. The summed E-state index contributed by atoms with van der Waals surface area (Å²) in [6, 6.07) is 7.89. The van der Waals surface area contributed by atoms with Crippen molar-refractivity contribution >= 4 is 20.7 Å². The van der Waals surface area contributed by atoms with Gasteiger partial charge in [0.25, 0.3) is 4.82 Å². The molecule has 0 radical (unpaired) electrons. The first-order chi connectivity index (χ1) is 7.22. The highest BCUT2D eigenvalue weighted by molar-refractivity contribution is 9.18. The fourth-order valence-electron chi connectivity index (χ4n) is 1.22. The number of rotatable bonds is 5. The van der Waals surface area contributed by atoms with E-state index in [1.54, 1.807) is 0 Å². The Morgan fingerprint density at radius 1 is 1.40 bits per heavy atom. The lowest BCUT2D eigenvalue weighted by molar-refractivity contribution is 0.262. The first-order valence-corrected chi connectivity index (χ1v) is 5.66. The monoisotopic (exact) mass is 271 g/mol. The van der Waals surface area contributed by atoms with Gasteiger partial charge in [-0.3, -0.25) is 4.79 Å². The molecule has 3 nitrogen and oxygen atoms in total. The average Bonchev–Trinajstić information content (AvgIpc) is 2.20. The standard InChI is InChI=1S/C11H14BrNO2/c1-2-15-10-5-3-9(4-6-10)7-8-13-11(12)14/h3-6H,2,7-8H2,1H3,(H,13,14). The summed E-state index contributed by atoms with van der Waals surface area (Å²) in [4.78, 5) is 10.4. The van der Waals surface area contributed by atoms with Crippen LogP contribution in [-0.4, -0.2) is 18.0 Å². The van der Waals surface area contributed by atoms with Crippen molar-refractivity contribution in [2.24, 2.45) is 0 Å². The zero-order valence-corrected chi connectivity index (χ0v) is 10.2. The van der Waals surface area contributed by atoms with E-state index in [-0.39, 0.29) is 4.82 Å². The van der Waals surface area contributed by atoms with Crippen molar-refractivity contribution in [2.75, 3.05) is 13.2 Å². The van der Waals surface area contributed by atoms with Crippen LogP contribution in [0.2, 0.25) is 0 Å². The van der Waals surface area contributed by atoms with E-state index in [0.29, 0.717) is 13.2 Å². The second-order valence-electron chi connectivity index (χ2n) is 3.03. The summed E-state index contributed by atoms with van der Waals surface area (Å²) in [5.74, 6) is 0.880. The van der Waals surface area contributed by atoms with E-state index >= 15 is 0 Å². The number of hydrogen-bond donors (Lipinski definition) is 1. The van der Waals surface area contributed by atoms with E-state index in [2.05, 4.69) is 21.2 Å². The van der Waals surface area contributed by atoms with Crippen molar-refractivity contribution in [1.82, 2.24) is 5.32 Å². The molecule has 0 aliphatic rings. The Balaban J connectivity index is 2.39. The van der Waals surface area contributed by atoms with E-state index in [0.717, 1.165) is 12.2 Å². The van der Waals surface area contributed by atoms with E-state index < -0.39 is 0 Å². The van der Waals surface area contributed by atoms with Gasteiger partial charge in [0.2, 0.25) is 0 Å². The molecule has 0 saturated carbocycles. The van der Waals surface area contributed by atoms with Crippen molar-refractivity contribution in [2.45, 2.75) is 13.3 Å². The van der Waals surface area contributed by atoms with Gasteiger partial charge in [0, 0.05) is 22.5 Å². The molecular formula is C11H14BrNO2. The lowest BCUT2D eigenvalue weighted by Gasteiger charge is -2.05. The Labute approximate surface area is 97.9 Å². The molecule has 0 aliphatic carbocycles. The van der Waals surface area contributed by atoms with Gasteiger partial charge in [-0.05, 0) is 31.0 Å². The van der Waals surface area contributed by atoms with Crippen LogP contribution in [0.25, 0.3) is 0 Å².